The predicted octanol–water partition coefficient (Wildman–Crippen LogP) is 4.34. The van der Waals surface area contributed by atoms with Gasteiger partial charge in [0.1, 0.15) is 11.4 Å². The average Bonchev–Trinajstić information content (AvgIpc) is 2.77. The van der Waals surface area contributed by atoms with Gasteiger partial charge in [0.15, 0.2) is 0 Å². The number of hydrogen-bond donors (Lipinski definition) is 6. The molecule has 2 amide bonds. The van der Waals surface area contributed by atoms with E-state index in [0.29, 0.717) is 40.5 Å². The molecule has 0 aliphatic heterocycles. The van der Waals surface area contributed by atoms with Crippen LogP contribution in [-0.4, -0.2) is 30.5 Å². The highest BCUT2D eigenvalue weighted by Crippen LogP contribution is 2.34. The molecule has 198 valence electrons. The van der Waals surface area contributed by atoms with Crippen molar-refractivity contribution in [3.8, 4) is 5.75 Å². The summed E-state index contributed by atoms with van der Waals surface area (Å²) >= 11 is 0. The van der Waals surface area contributed by atoms with Crippen LogP contribution in [-0.2, 0) is 0 Å². The molecule has 2 unspecified atom stereocenters. The number of primary amides is 2. The highest BCUT2D eigenvalue weighted by molar-refractivity contribution is 5.96. The number of rotatable bonds is 13. The van der Waals surface area contributed by atoms with Crippen molar-refractivity contribution in [1.82, 2.24) is 0 Å². The number of amides is 2. The van der Waals surface area contributed by atoms with Crippen LogP contribution >= 0.6 is 0 Å². The van der Waals surface area contributed by atoms with E-state index in [0.717, 1.165) is 31.4 Å². The Morgan fingerprint density at radius 3 is 2.03 bits per heavy atom. The van der Waals surface area contributed by atoms with E-state index in [1.165, 1.54) is 0 Å². The minimum Gasteiger partial charge on any atom is -0.491 e. The van der Waals surface area contributed by atoms with Gasteiger partial charge in [-0.3, -0.25) is 9.59 Å². The van der Waals surface area contributed by atoms with Gasteiger partial charge in [-0.05, 0) is 75.3 Å². The number of nitrogens with two attached hydrogens (primary N) is 4. The van der Waals surface area contributed by atoms with Crippen LogP contribution in [0.2, 0.25) is 0 Å². The summed E-state index contributed by atoms with van der Waals surface area (Å²) in [6, 6.07) is 8.40. The number of ether oxygens (including phenoxy) is 1. The second kappa shape index (κ2) is 12.4. The Morgan fingerprint density at radius 2 is 1.47 bits per heavy atom. The molecule has 0 aliphatic carbocycles. The summed E-state index contributed by atoms with van der Waals surface area (Å²) in [5.41, 5.74) is 26.3. The minimum absolute atomic E-state index is 0.0717. The number of anilines is 4. The lowest BCUT2D eigenvalue weighted by Gasteiger charge is -2.23. The highest BCUT2D eigenvalue weighted by Gasteiger charge is 2.17. The lowest BCUT2D eigenvalue weighted by Crippen LogP contribution is -2.23. The van der Waals surface area contributed by atoms with Gasteiger partial charge >= 0.3 is 0 Å². The van der Waals surface area contributed by atoms with Gasteiger partial charge in [0.05, 0.1) is 23.7 Å². The first-order chi connectivity index (χ1) is 16.8. The van der Waals surface area contributed by atoms with Crippen molar-refractivity contribution < 1.29 is 14.3 Å². The van der Waals surface area contributed by atoms with E-state index in [4.69, 9.17) is 27.7 Å². The predicted molar refractivity (Wildman–Crippen MR) is 148 cm³/mol. The molecule has 2 aromatic carbocycles. The molecule has 0 saturated carbocycles. The monoisotopic (exact) mass is 498 g/mol. The topological polar surface area (TPSA) is 172 Å². The molecule has 2 atom stereocenters. The highest BCUT2D eigenvalue weighted by atomic mass is 16.5. The first-order valence-corrected chi connectivity index (χ1v) is 12.4. The van der Waals surface area contributed by atoms with Crippen molar-refractivity contribution >= 4 is 34.6 Å². The van der Waals surface area contributed by atoms with E-state index < -0.39 is 11.8 Å². The molecule has 0 radical (unpaired) electrons. The largest absolute Gasteiger partial charge is 0.491 e. The second-order valence-corrected chi connectivity index (χ2v) is 10.6. The van der Waals surface area contributed by atoms with Crippen molar-refractivity contribution in [3.63, 3.8) is 0 Å². The molecule has 0 aliphatic rings. The average molecular weight is 499 g/mol. The van der Waals surface area contributed by atoms with Crippen LogP contribution in [0.25, 0.3) is 0 Å². The zero-order chi connectivity index (χ0) is 27.0. The van der Waals surface area contributed by atoms with Gasteiger partial charge in [0.2, 0.25) is 11.8 Å². The van der Waals surface area contributed by atoms with Gasteiger partial charge < -0.3 is 38.3 Å². The normalized spacial score (nSPS) is 13.0. The molecule has 2 rings (SSSR count). The van der Waals surface area contributed by atoms with Gasteiger partial charge in [-0.15, -0.1) is 0 Å². The third kappa shape index (κ3) is 8.87. The molecule has 36 heavy (non-hydrogen) atoms. The minimum atomic E-state index is -0.552. The van der Waals surface area contributed by atoms with Gasteiger partial charge in [0.25, 0.3) is 0 Å². The van der Waals surface area contributed by atoms with E-state index in [9.17, 15) is 9.59 Å². The van der Waals surface area contributed by atoms with Crippen LogP contribution in [0.5, 0.6) is 5.75 Å². The number of carbonyl (C=O) groups is 2. The fourth-order valence-corrected chi connectivity index (χ4v) is 3.84. The zero-order valence-corrected chi connectivity index (χ0v) is 22.1. The summed E-state index contributed by atoms with van der Waals surface area (Å²) in [4.78, 5) is 23.1. The number of benzene rings is 2. The standard InChI is InChI=1S/C27H42N6O3/c1-16(32-22-10-9-18(25(30)34)13-20(22)28)7-8-17(2)33-24-21(29)14-19(26(31)35)15-23(24)36-12-6-11-27(3,4)5/h9-10,13-17,32-33H,6-8,11-12,28-29H2,1-5H3,(H2,30,34)(H2,31,35). The van der Waals surface area contributed by atoms with Crippen LogP contribution in [0.1, 0.15) is 81.0 Å². The van der Waals surface area contributed by atoms with Crippen LogP contribution in [0.3, 0.4) is 0 Å². The van der Waals surface area contributed by atoms with Crippen molar-refractivity contribution in [2.24, 2.45) is 16.9 Å². The van der Waals surface area contributed by atoms with Crippen LogP contribution in [0.4, 0.5) is 22.7 Å². The Bertz CT molecular complexity index is 1060. The van der Waals surface area contributed by atoms with Crippen LogP contribution in [0, 0.1) is 5.41 Å². The fraction of sp³-hybridized carbons (Fsp3) is 0.481. The Kier molecular flexibility index (Phi) is 9.84. The molecule has 9 heteroatoms. The van der Waals surface area contributed by atoms with Crippen molar-refractivity contribution in [2.45, 2.75) is 72.4 Å². The van der Waals surface area contributed by atoms with E-state index >= 15 is 0 Å². The molecule has 0 spiro atoms. The Labute approximate surface area is 214 Å². The molecule has 10 N–H and O–H groups in total. The zero-order valence-electron chi connectivity index (χ0n) is 22.1. The molecular weight excluding hydrogens is 456 g/mol. The van der Waals surface area contributed by atoms with Gasteiger partial charge in [-0.2, -0.15) is 0 Å². The van der Waals surface area contributed by atoms with E-state index in [1.807, 2.05) is 0 Å². The Hall–Kier alpha value is -3.62. The van der Waals surface area contributed by atoms with E-state index in [1.54, 1.807) is 30.3 Å². The fourth-order valence-electron chi connectivity index (χ4n) is 3.84. The second-order valence-electron chi connectivity index (χ2n) is 10.6. The number of nitrogen functional groups attached to an aromatic ring is 2. The number of nitrogens with one attached hydrogen (secondary N) is 2. The van der Waals surface area contributed by atoms with E-state index in [-0.39, 0.29) is 17.5 Å². The molecule has 0 saturated heterocycles. The van der Waals surface area contributed by atoms with Crippen molar-refractivity contribution in [3.05, 3.63) is 41.5 Å². The van der Waals surface area contributed by atoms with Gasteiger partial charge in [-0.1, -0.05) is 20.8 Å². The SMILES string of the molecule is CC(CCC(C)Nc1c(N)cc(C(N)=O)cc1OCCCC(C)(C)C)Nc1ccc(C(N)=O)cc1N. The van der Waals surface area contributed by atoms with E-state index in [2.05, 4.69) is 45.3 Å². The summed E-state index contributed by atoms with van der Waals surface area (Å²) in [7, 11) is 0. The molecule has 9 nitrogen and oxygen atoms in total. The smallest absolute Gasteiger partial charge is 0.248 e. The maximum Gasteiger partial charge on any atom is 0.248 e. The molecule has 2 aromatic rings. The van der Waals surface area contributed by atoms with Crippen LogP contribution < -0.4 is 38.3 Å². The summed E-state index contributed by atoms with van der Waals surface area (Å²) in [6.45, 7) is 11.2. The van der Waals surface area contributed by atoms with Crippen LogP contribution in [0.15, 0.2) is 30.3 Å². The summed E-state index contributed by atoms with van der Waals surface area (Å²) in [5, 5.41) is 6.83. The number of hydrogen-bond acceptors (Lipinski definition) is 7. The lowest BCUT2D eigenvalue weighted by atomic mass is 9.91. The molecule has 0 heterocycles. The molecule has 0 bridgehead atoms. The molecule has 0 fully saturated rings. The third-order valence-corrected chi connectivity index (χ3v) is 5.91. The van der Waals surface area contributed by atoms with Crippen molar-refractivity contribution in [1.29, 1.82) is 0 Å². The Morgan fingerprint density at radius 1 is 0.889 bits per heavy atom. The maximum absolute atomic E-state index is 11.8. The first-order valence-electron chi connectivity index (χ1n) is 12.4. The maximum atomic E-state index is 11.8. The molecule has 0 aromatic heterocycles. The molecular formula is C27H42N6O3. The van der Waals surface area contributed by atoms with Gasteiger partial charge in [-0.25, -0.2) is 0 Å². The summed E-state index contributed by atoms with van der Waals surface area (Å²) in [5.74, 6) is -0.538. The quantitative estimate of drug-likeness (QED) is 0.176. The summed E-state index contributed by atoms with van der Waals surface area (Å²) < 4.78 is 6.04. The third-order valence-electron chi connectivity index (χ3n) is 5.91. The number of carbonyl (C=O) groups excluding carboxylic acids is 2. The van der Waals surface area contributed by atoms with Gasteiger partial charge in [0, 0.05) is 23.2 Å². The lowest BCUT2D eigenvalue weighted by molar-refractivity contribution is 0.0991. The Balaban J connectivity index is 2.01. The first kappa shape index (κ1) is 28.6. The van der Waals surface area contributed by atoms with Crippen molar-refractivity contribution in [2.75, 3.05) is 28.7 Å². The summed E-state index contributed by atoms with van der Waals surface area (Å²) in [6.07, 6.45) is 3.56.